The first-order chi connectivity index (χ1) is 8.81. The second-order valence-corrected chi connectivity index (χ2v) is 4.74. The van der Waals surface area contributed by atoms with Crippen molar-refractivity contribution >= 4 is 5.91 Å². The third-order valence-electron chi connectivity index (χ3n) is 3.45. The van der Waals surface area contributed by atoms with Gasteiger partial charge < -0.3 is 20.1 Å². The molecular weight excluding hydrogens is 234 g/mol. The zero-order chi connectivity index (χ0) is 12.8. The summed E-state index contributed by atoms with van der Waals surface area (Å²) in [6.45, 7) is 6.69. The highest BCUT2D eigenvalue weighted by molar-refractivity contribution is 5.81. The van der Waals surface area contributed by atoms with Gasteiger partial charge in [-0.25, -0.2) is 0 Å². The van der Waals surface area contributed by atoms with Gasteiger partial charge in [0.15, 0.2) is 6.10 Å². The number of piperazine rings is 1. The van der Waals surface area contributed by atoms with Crippen LogP contribution in [0.3, 0.4) is 0 Å². The first-order valence-corrected chi connectivity index (χ1v) is 6.72. The summed E-state index contributed by atoms with van der Waals surface area (Å²) in [5, 5.41) is 0. The summed E-state index contributed by atoms with van der Waals surface area (Å²) in [5.74, 6) is 0.0770. The number of rotatable bonds is 4. The molecule has 2 saturated heterocycles. The third kappa shape index (κ3) is 3.65. The molecule has 2 aliphatic rings. The molecule has 0 aromatic carbocycles. The average Bonchev–Trinajstić information content (AvgIpc) is 2.46. The van der Waals surface area contributed by atoms with Crippen LogP contribution in [0.25, 0.3) is 0 Å². The Labute approximate surface area is 108 Å². The predicted molar refractivity (Wildman–Crippen MR) is 67.3 cm³/mol. The van der Waals surface area contributed by atoms with Crippen LogP contribution in [-0.4, -0.2) is 80.9 Å². The molecule has 0 saturated carbocycles. The summed E-state index contributed by atoms with van der Waals surface area (Å²) >= 11 is 0. The van der Waals surface area contributed by atoms with Crippen molar-refractivity contribution in [2.75, 3.05) is 59.1 Å². The molecule has 0 aromatic rings. The van der Waals surface area contributed by atoms with Crippen molar-refractivity contribution in [3.05, 3.63) is 0 Å². The number of nitrogens with zero attached hydrogens (tertiary/aromatic N) is 2. The number of hydrogen-bond donors (Lipinski definition) is 1. The van der Waals surface area contributed by atoms with Crippen molar-refractivity contribution in [1.82, 2.24) is 9.80 Å². The first-order valence-electron chi connectivity index (χ1n) is 6.72. The van der Waals surface area contributed by atoms with Crippen molar-refractivity contribution in [2.24, 2.45) is 5.73 Å². The van der Waals surface area contributed by atoms with Crippen molar-refractivity contribution in [3.63, 3.8) is 0 Å². The Bertz CT molecular complexity index is 261. The number of nitrogens with two attached hydrogens (primary N) is 1. The van der Waals surface area contributed by atoms with Crippen molar-refractivity contribution < 1.29 is 14.3 Å². The fraction of sp³-hybridized carbons (Fsp3) is 0.917. The van der Waals surface area contributed by atoms with E-state index in [-0.39, 0.29) is 5.91 Å². The minimum absolute atomic E-state index is 0.0770. The van der Waals surface area contributed by atoms with Gasteiger partial charge in [-0.3, -0.25) is 9.69 Å². The van der Waals surface area contributed by atoms with E-state index in [1.54, 1.807) is 0 Å². The van der Waals surface area contributed by atoms with Gasteiger partial charge >= 0.3 is 0 Å². The lowest BCUT2D eigenvalue weighted by Crippen LogP contribution is -2.53. The highest BCUT2D eigenvalue weighted by Gasteiger charge is 2.29. The molecule has 2 aliphatic heterocycles. The zero-order valence-electron chi connectivity index (χ0n) is 10.8. The van der Waals surface area contributed by atoms with Crippen LogP contribution in [0.15, 0.2) is 0 Å². The van der Waals surface area contributed by atoms with Gasteiger partial charge in [-0.1, -0.05) is 0 Å². The number of carbonyl (C=O) groups is 1. The second-order valence-electron chi connectivity index (χ2n) is 4.74. The van der Waals surface area contributed by atoms with Crippen LogP contribution >= 0.6 is 0 Å². The maximum absolute atomic E-state index is 12.2. The molecule has 18 heavy (non-hydrogen) atoms. The Morgan fingerprint density at radius 2 is 2.00 bits per heavy atom. The quantitative estimate of drug-likeness (QED) is 0.692. The minimum Gasteiger partial charge on any atom is -0.376 e. The van der Waals surface area contributed by atoms with Crippen LogP contribution in [0.1, 0.15) is 6.42 Å². The molecule has 0 radical (unpaired) electrons. The van der Waals surface area contributed by atoms with E-state index < -0.39 is 6.10 Å². The van der Waals surface area contributed by atoms with E-state index in [0.717, 1.165) is 45.7 Å². The Hall–Kier alpha value is -0.690. The molecule has 0 aromatic heterocycles. The summed E-state index contributed by atoms with van der Waals surface area (Å²) < 4.78 is 10.7. The van der Waals surface area contributed by atoms with Gasteiger partial charge in [0.2, 0.25) is 0 Å². The second kappa shape index (κ2) is 7.04. The smallest absolute Gasteiger partial charge is 0.254 e. The fourth-order valence-corrected chi connectivity index (χ4v) is 2.34. The highest BCUT2D eigenvalue weighted by atomic mass is 16.6. The monoisotopic (exact) mass is 257 g/mol. The molecule has 6 nitrogen and oxygen atoms in total. The summed E-state index contributed by atoms with van der Waals surface area (Å²) in [4.78, 5) is 16.4. The zero-order valence-corrected chi connectivity index (χ0v) is 10.8. The molecule has 2 N–H and O–H groups in total. The Kier molecular flexibility index (Phi) is 5.37. The van der Waals surface area contributed by atoms with Gasteiger partial charge in [-0.05, 0) is 19.5 Å². The van der Waals surface area contributed by atoms with Crippen LogP contribution in [0.5, 0.6) is 0 Å². The number of hydrogen-bond acceptors (Lipinski definition) is 5. The van der Waals surface area contributed by atoms with E-state index in [0.29, 0.717) is 19.8 Å². The van der Waals surface area contributed by atoms with Crippen LogP contribution < -0.4 is 5.73 Å². The molecule has 1 amide bonds. The number of carbonyl (C=O) groups excluding carboxylic acids is 1. The maximum atomic E-state index is 12.2. The molecule has 2 fully saturated rings. The van der Waals surface area contributed by atoms with Crippen molar-refractivity contribution in [2.45, 2.75) is 12.5 Å². The van der Waals surface area contributed by atoms with E-state index in [1.807, 2.05) is 4.90 Å². The standard InChI is InChI=1S/C12H23N3O3/c13-2-1-3-14-4-6-15(7-5-14)12(16)11-10-17-8-9-18-11/h11H,1-10,13H2. The molecule has 1 atom stereocenters. The van der Waals surface area contributed by atoms with E-state index >= 15 is 0 Å². The average molecular weight is 257 g/mol. The third-order valence-corrected chi connectivity index (χ3v) is 3.45. The van der Waals surface area contributed by atoms with E-state index in [4.69, 9.17) is 15.2 Å². The molecular formula is C12H23N3O3. The summed E-state index contributed by atoms with van der Waals surface area (Å²) in [6.07, 6.45) is 0.627. The van der Waals surface area contributed by atoms with Gasteiger partial charge in [-0.2, -0.15) is 0 Å². The lowest BCUT2D eigenvalue weighted by molar-refractivity contribution is -0.159. The summed E-state index contributed by atoms with van der Waals surface area (Å²) in [6, 6.07) is 0. The van der Waals surface area contributed by atoms with E-state index in [2.05, 4.69) is 4.90 Å². The number of ether oxygens (including phenoxy) is 2. The van der Waals surface area contributed by atoms with Gasteiger partial charge in [-0.15, -0.1) is 0 Å². The van der Waals surface area contributed by atoms with E-state index in [9.17, 15) is 4.79 Å². The molecule has 104 valence electrons. The van der Waals surface area contributed by atoms with Crippen molar-refractivity contribution in [1.29, 1.82) is 0 Å². The lowest BCUT2D eigenvalue weighted by Gasteiger charge is -2.36. The first kappa shape index (κ1) is 13.7. The normalized spacial score (nSPS) is 26.3. The SMILES string of the molecule is NCCCN1CCN(C(=O)C2COCCO2)CC1. The van der Waals surface area contributed by atoms with Crippen LogP contribution in [-0.2, 0) is 14.3 Å². The van der Waals surface area contributed by atoms with Gasteiger partial charge in [0, 0.05) is 26.2 Å². The van der Waals surface area contributed by atoms with Crippen LogP contribution in [0, 0.1) is 0 Å². The van der Waals surface area contributed by atoms with Crippen LogP contribution in [0.4, 0.5) is 0 Å². The Morgan fingerprint density at radius 3 is 2.61 bits per heavy atom. The molecule has 0 aliphatic carbocycles. The largest absolute Gasteiger partial charge is 0.376 e. The number of amides is 1. The molecule has 0 bridgehead atoms. The van der Waals surface area contributed by atoms with Crippen molar-refractivity contribution in [3.8, 4) is 0 Å². The Morgan fingerprint density at radius 1 is 1.22 bits per heavy atom. The summed E-state index contributed by atoms with van der Waals surface area (Å²) in [7, 11) is 0. The van der Waals surface area contributed by atoms with E-state index in [1.165, 1.54) is 0 Å². The topological polar surface area (TPSA) is 68.0 Å². The molecule has 6 heteroatoms. The minimum atomic E-state index is -0.394. The van der Waals surface area contributed by atoms with Crippen LogP contribution in [0.2, 0.25) is 0 Å². The fourth-order valence-electron chi connectivity index (χ4n) is 2.34. The van der Waals surface area contributed by atoms with Gasteiger partial charge in [0.1, 0.15) is 0 Å². The molecule has 2 rings (SSSR count). The molecule has 1 unspecified atom stereocenters. The van der Waals surface area contributed by atoms with Gasteiger partial charge in [0.25, 0.3) is 5.91 Å². The van der Waals surface area contributed by atoms with Gasteiger partial charge in [0.05, 0.1) is 19.8 Å². The Balaban J connectivity index is 1.73. The maximum Gasteiger partial charge on any atom is 0.254 e. The highest BCUT2D eigenvalue weighted by Crippen LogP contribution is 2.09. The molecule has 2 heterocycles. The molecule has 0 spiro atoms. The predicted octanol–water partition coefficient (Wildman–Crippen LogP) is -1.11. The lowest BCUT2D eigenvalue weighted by atomic mass is 10.2. The summed E-state index contributed by atoms with van der Waals surface area (Å²) in [5.41, 5.74) is 5.50.